The molecule has 4 nitrogen and oxygen atoms in total. The molecule has 0 aliphatic heterocycles. The van der Waals surface area contributed by atoms with E-state index in [-0.39, 0.29) is 23.4 Å². The Morgan fingerprint density at radius 3 is 2.94 bits per heavy atom. The van der Waals surface area contributed by atoms with Gasteiger partial charge in [-0.2, -0.15) is 11.8 Å². The number of rotatable bonds is 5. The van der Waals surface area contributed by atoms with E-state index in [1.165, 1.54) is 12.3 Å². The molecule has 1 aromatic rings. The minimum atomic E-state index is -0.243. The van der Waals surface area contributed by atoms with Crippen LogP contribution in [0.15, 0.2) is 18.3 Å². The van der Waals surface area contributed by atoms with Gasteiger partial charge in [0.15, 0.2) is 5.69 Å². The van der Waals surface area contributed by atoms with E-state index in [1.807, 2.05) is 6.92 Å². The van der Waals surface area contributed by atoms with Crippen molar-refractivity contribution in [2.24, 2.45) is 0 Å². The van der Waals surface area contributed by atoms with Gasteiger partial charge in [0.05, 0.1) is 0 Å². The van der Waals surface area contributed by atoms with Crippen LogP contribution in [0.1, 0.15) is 24.3 Å². The lowest BCUT2D eigenvalue weighted by Gasteiger charge is -2.24. The molecule has 0 unspecified atom stereocenters. The third-order valence-electron chi connectivity index (χ3n) is 2.53. The van der Waals surface area contributed by atoms with Gasteiger partial charge in [0.25, 0.3) is 5.91 Å². The Balaban J connectivity index is 2.73. The topological polar surface area (TPSA) is 53.4 Å². The van der Waals surface area contributed by atoms with E-state index in [9.17, 15) is 9.90 Å². The predicted octanol–water partition coefficient (Wildman–Crippen LogP) is 2.00. The monoisotopic (exact) mass is 254 g/mol. The van der Waals surface area contributed by atoms with E-state index in [1.54, 1.807) is 29.8 Å². The van der Waals surface area contributed by atoms with Gasteiger partial charge in [-0.25, -0.2) is 4.98 Å². The van der Waals surface area contributed by atoms with Gasteiger partial charge >= 0.3 is 0 Å². The van der Waals surface area contributed by atoms with E-state index in [0.717, 1.165) is 11.5 Å². The quantitative estimate of drug-likeness (QED) is 0.873. The van der Waals surface area contributed by atoms with Crippen molar-refractivity contribution in [2.45, 2.75) is 19.9 Å². The second-order valence-electron chi connectivity index (χ2n) is 3.80. The molecule has 0 aliphatic rings. The maximum Gasteiger partial charge on any atom is 0.276 e. The Hall–Kier alpha value is -1.23. The van der Waals surface area contributed by atoms with Gasteiger partial charge in [0, 0.05) is 25.0 Å². The highest BCUT2D eigenvalue weighted by molar-refractivity contribution is 7.99. The molecule has 0 saturated carbocycles. The van der Waals surface area contributed by atoms with Crippen LogP contribution in [0.3, 0.4) is 0 Å². The van der Waals surface area contributed by atoms with Gasteiger partial charge in [-0.3, -0.25) is 4.79 Å². The lowest BCUT2D eigenvalue weighted by Crippen LogP contribution is -2.37. The van der Waals surface area contributed by atoms with E-state index >= 15 is 0 Å². The van der Waals surface area contributed by atoms with Gasteiger partial charge in [0.1, 0.15) is 5.75 Å². The van der Waals surface area contributed by atoms with Crippen molar-refractivity contribution in [3.05, 3.63) is 24.0 Å². The maximum absolute atomic E-state index is 12.1. The SMILES string of the molecule is CCSC[C@H](C)N(C)C(=O)c1ncccc1O. The van der Waals surface area contributed by atoms with Crippen molar-refractivity contribution in [2.75, 3.05) is 18.6 Å². The molecule has 0 bridgehead atoms. The molecule has 1 amide bonds. The second-order valence-corrected chi connectivity index (χ2v) is 5.11. The number of aromatic nitrogens is 1. The van der Waals surface area contributed by atoms with Crippen molar-refractivity contribution in [3.63, 3.8) is 0 Å². The summed E-state index contributed by atoms with van der Waals surface area (Å²) in [5.41, 5.74) is 0.114. The summed E-state index contributed by atoms with van der Waals surface area (Å²) in [6.45, 7) is 4.07. The number of nitrogens with zero attached hydrogens (tertiary/aromatic N) is 2. The minimum absolute atomic E-state index is 0.0697. The van der Waals surface area contributed by atoms with Crippen LogP contribution in [0, 0.1) is 0 Å². The number of carbonyl (C=O) groups excluding carboxylic acids is 1. The number of hydrogen-bond acceptors (Lipinski definition) is 4. The summed E-state index contributed by atoms with van der Waals surface area (Å²) in [5, 5.41) is 9.57. The fraction of sp³-hybridized carbons (Fsp3) is 0.500. The summed E-state index contributed by atoms with van der Waals surface area (Å²) in [7, 11) is 1.73. The highest BCUT2D eigenvalue weighted by Crippen LogP contribution is 2.16. The normalized spacial score (nSPS) is 12.2. The molecule has 94 valence electrons. The van der Waals surface area contributed by atoms with Crippen molar-refractivity contribution < 1.29 is 9.90 Å². The lowest BCUT2D eigenvalue weighted by atomic mass is 10.2. The van der Waals surface area contributed by atoms with Crippen LogP contribution < -0.4 is 0 Å². The largest absolute Gasteiger partial charge is 0.505 e. The molecule has 1 atom stereocenters. The number of pyridine rings is 1. The summed E-state index contributed by atoms with van der Waals surface area (Å²) in [5.74, 6) is 1.60. The van der Waals surface area contributed by atoms with Crippen molar-refractivity contribution >= 4 is 17.7 Å². The molecular weight excluding hydrogens is 236 g/mol. The smallest absolute Gasteiger partial charge is 0.276 e. The minimum Gasteiger partial charge on any atom is -0.505 e. The molecule has 0 saturated heterocycles. The fourth-order valence-corrected chi connectivity index (χ4v) is 2.13. The maximum atomic E-state index is 12.1. The van der Waals surface area contributed by atoms with Gasteiger partial charge in [-0.1, -0.05) is 6.92 Å². The number of amides is 1. The Morgan fingerprint density at radius 2 is 2.35 bits per heavy atom. The molecule has 0 aromatic carbocycles. The molecule has 1 aromatic heterocycles. The standard InChI is InChI=1S/C12H18N2O2S/c1-4-17-8-9(2)14(3)12(16)11-10(15)6-5-7-13-11/h5-7,9,15H,4,8H2,1-3H3/t9-/m0/s1. The molecule has 0 radical (unpaired) electrons. The first kappa shape index (κ1) is 13.8. The first-order chi connectivity index (χ1) is 8.07. The summed E-state index contributed by atoms with van der Waals surface area (Å²) in [6, 6.07) is 3.19. The molecule has 17 heavy (non-hydrogen) atoms. The highest BCUT2D eigenvalue weighted by Gasteiger charge is 2.20. The van der Waals surface area contributed by atoms with Gasteiger partial charge < -0.3 is 10.0 Å². The zero-order valence-electron chi connectivity index (χ0n) is 10.4. The Kier molecular flexibility index (Phi) is 5.28. The van der Waals surface area contributed by atoms with E-state index < -0.39 is 0 Å². The Morgan fingerprint density at radius 1 is 1.65 bits per heavy atom. The van der Waals surface area contributed by atoms with Crippen LogP contribution in [-0.2, 0) is 0 Å². The van der Waals surface area contributed by atoms with Crippen LogP contribution in [0.25, 0.3) is 0 Å². The van der Waals surface area contributed by atoms with Crippen LogP contribution in [0.2, 0.25) is 0 Å². The number of hydrogen-bond donors (Lipinski definition) is 1. The Labute approximate surface area is 106 Å². The number of aromatic hydroxyl groups is 1. The van der Waals surface area contributed by atoms with Crippen LogP contribution >= 0.6 is 11.8 Å². The average molecular weight is 254 g/mol. The predicted molar refractivity (Wildman–Crippen MR) is 70.5 cm³/mol. The van der Waals surface area contributed by atoms with Gasteiger partial charge in [0.2, 0.25) is 0 Å². The molecular formula is C12H18N2O2S. The first-order valence-corrected chi connectivity index (χ1v) is 6.72. The van der Waals surface area contributed by atoms with Gasteiger partial charge in [-0.05, 0) is 24.8 Å². The zero-order valence-corrected chi connectivity index (χ0v) is 11.2. The molecule has 1 heterocycles. The molecule has 0 fully saturated rings. The summed E-state index contributed by atoms with van der Waals surface area (Å²) >= 11 is 1.78. The number of carbonyl (C=O) groups is 1. The van der Waals surface area contributed by atoms with Crippen LogP contribution in [0.4, 0.5) is 0 Å². The van der Waals surface area contributed by atoms with Crippen LogP contribution in [-0.4, -0.2) is 45.5 Å². The zero-order chi connectivity index (χ0) is 12.8. The summed E-state index contributed by atoms with van der Waals surface area (Å²) < 4.78 is 0. The molecule has 1 N–H and O–H groups in total. The summed E-state index contributed by atoms with van der Waals surface area (Å²) in [6.07, 6.45) is 1.51. The van der Waals surface area contributed by atoms with Gasteiger partial charge in [-0.15, -0.1) is 0 Å². The lowest BCUT2D eigenvalue weighted by molar-refractivity contribution is 0.0748. The number of thioether (sulfide) groups is 1. The first-order valence-electron chi connectivity index (χ1n) is 5.56. The molecule has 0 spiro atoms. The molecule has 5 heteroatoms. The van der Waals surface area contributed by atoms with Crippen LogP contribution in [0.5, 0.6) is 5.75 Å². The van der Waals surface area contributed by atoms with Crippen molar-refractivity contribution in [1.82, 2.24) is 9.88 Å². The fourth-order valence-electron chi connectivity index (χ4n) is 1.33. The van der Waals surface area contributed by atoms with Crippen molar-refractivity contribution in [1.29, 1.82) is 0 Å². The van der Waals surface area contributed by atoms with E-state index in [0.29, 0.717) is 0 Å². The van der Waals surface area contributed by atoms with E-state index in [2.05, 4.69) is 11.9 Å². The van der Waals surface area contributed by atoms with Crippen molar-refractivity contribution in [3.8, 4) is 5.75 Å². The third-order valence-corrected chi connectivity index (χ3v) is 3.66. The highest BCUT2D eigenvalue weighted by atomic mass is 32.2. The Bertz CT molecular complexity index is 385. The van der Waals surface area contributed by atoms with E-state index in [4.69, 9.17) is 0 Å². The second kappa shape index (κ2) is 6.49. The summed E-state index contributed by atoms with van der Waals surface area (Å²) in [4.78, 5) is 17.6. The third kappa shape index (κ3) is 3.63. The average Bonchev–Trinajstić information content (AvgIpc) is 2.34. The molecule has 0 aliphatic carbocycles. The molecule has 1 rings (SSSR count).